The van der Waals surface area contributed by atoms with E-state index in [9.17, 15) is 14.6 Å². The topological polar surface area (TPSA) is 119 Å². The van der Waals surface area contributed by atoms with Crippen molar-refractivity contribution >= 4 is 7.60 Å². The summed E-state index contributed by atoms with van der Waals surface area (Å²) in [6.07, 6.45) is 29.9. The second-order valence-electron chi connectivity index (χ2n) is 12.9. The predicted molar refractivity (Wildman–Crippen MR) is 181 cm³/mol. The first-order valence-electron chi connectivity index (χ1n) is 17.8. The molecule has 3 N–H and O–H groups in total. The van der Waals surface area contributed by atoms with Crippen LogP contribution < -0.4 is 4.89 Å². The van der Waals surface area contributed by atoms with E-state index >= 15 is 0 Å². The van der Waals surface area contributed by atoms with Gasteiger partial charge < -0.3 is 38.5 Å². The lowest BCUT2D eigenvalue weighted by atomic mass is 10.1. The minimum Gasteiger partial charge on any atom is -0.774 e. The first kappa shape index (κ1) is 43.4. The van der Waals surface area contributed by atoms with Crippen LogP contribution in [-0.2, 0) is 13.8 Å². The largest absolute Gasteiger partial charge is 0.774 e. The zero-order chi connectivity index (χ0) is 32.9. The Hall–Kier alpha value is -0.570. The van der Waals surface area contributed by atoms with Gasteiger partial charge in [-0.25, -0.2) is 0 Å². The molecule has 3 atom stereocenters. The normalized spacial score (nSPS) is 15.5. The highest BCUT2D eigenvalue weighted by Gasteiger charge is 2.37. The van der Waals surface area contributed by atoms with E-state index in [1.165, 1.54) is 89.9 Å². The van der Waals surface area contributed by atoms with Gasteiger partial charge in [0.05, 0.1) is 33.9 Å². The van der Waals surface area contributed by atoms with Crippen molar-refractivity contribution in [2.45, 2.75) is 160 Å². The van der Waals surface area contributed by atoms with Crippen LogP contribution in [0.5, 0.6) is 0 Å². The molecule has 44 heavy (non-hydrogen) atoms. The predicted octanol–water partition coefficient (Wildman–Crippen LogP) is 7.60. The number of rotatable bonds is 32. The molecule has 262 valence electrons. The summed E-state index contributed by atoms with van der Waals surface area (Å²) in [5, 5.41) is 28.4. The summed E-state index contributed by atoms with van der Waals surface area (Å²) in [4.78, 5) is 12.7. The molecule has 0 saturated carbocycles. The van der Waals surface area contributed by atoms with E-state index in [0.29, 0.717) is 13.0 Å². The monoisotopic (exact) mass is 647 g/mol. The third-order valence-electron chi connectivity index (χ3n) is 8.22. The number of hydrogen-bond acceptors (Lipinski definition) is 7. The summed E-state index contributed by atoms with van der Waals surface area (Å²) in [6, 6.07) is 0. The van der Waals surface area contributed by atoms with Gasteiger partial charge in [-0.2, -0.15) is 0 Å². The second-order valence-corrected chi connectivity index (χ2v) is 14.9. The zero-order valence-corrected chi connectivity index (χ0v) is 29.8. The maximum atomic E-state index is 12.7. The van der Waals surface area contributed by atoms with Crippen molar-refractivity contribution in [2.75, 3.05) is 40.5 Å². The standard InChI is InChI=1S/C35H70NO7P/c1-5-7-8-9-10-11-12-13-14-15-16-17-18-19-20-21-22-23-24-25-26-27-30-42-31-33(37)32-43-44(40,41)34(6-2)36(3,4)29-28-35(38)39/h10-11,22-23,33-35,37-39H,5-9,12-21,24-32H2,1-4H3/b11-10-,23-22-/t33-,34?/m1/s1. The van der Waals surface area contributed by atoms with E-state index < -0.39 is 25.8 Å². The van der Waals surface area contributed by atoms with Crippen LogP contribution in [0, 0.1) is 0 Å². The molecule has 0 aliphatic carbocycles. The third-order valence-corrected chi connectivity index (χ3v) is 10.4. The Morgan fingerprint density at radius 1 is 0.705 bits per heavy atom. The molecule has 0 aromatic heterocycles. The Labute approximate surface area is 271 Å². The molecular weight excluding hydrogens is 577 g/mol. The maximum Gasteiger partial charge on any atom is 0.193 e. The Kier molecular flexibility index (Phi) is 28.3. The van der Waals surface area contributed by atoms with Gasteiger partial charge in [-0.3, -0.25) is 0 Å². The Morgan fingerprint density at radius 2 is 1.16 bits per heavy atom. The summed E-state index contributed by atoms with van der Waals surface area (Å²) < 4.78 is 23.5. The highest BCUT2D eigenvalue weighted by Crippen LogP contribution is 2.48. The van der Waals surface area contributed by atoms with Gasteiger partial charge in [0.15, 0.2) is 19.7 Å². The molecule has 0 heterocycles. The fourth-order valence-corrected chi connectivity index (χ4v) is 7.33. The smallest absolute Gasteiger partial charge is 0.193 e. The van der Waals surface area contributed by atoms with Crippen LogP contribution in [0.4, 0.5) is 0 Å². The lowest BCUT2D eigenvalue weighted by Crippen LogP contribution is -2.51. The molecular formula is C35H70NO7P. The quantitative estimate of drug-likeness (QED) is 0.0226. The maximum absolute atomic E-state index is 12.7. The molecule has 0 aromatic rings. The van der Waals surface area contributed by atoms with Gasteiger partial charge in [-0.05, 0) is 57.8 Å². The van der Waals surface area contributed by atoms with Gasteiger partial charge >= 0.3 is 0 Å². The van der Waals surface area contributed by atoms with Crippen LogP contribution >= 0.6 is 7.60 Å². The number of aliphatic hydroxyl groups is 3. The molecule has 0 aliphatic rings. The van der Waals surface area contributed by atoms with Gasteiger partial charge in [0, 0.05) is 19.4 Å². The number of aliphatic hydroxyl groups excluding tert-OH is 2. The number of allylic oxidation sites excluding steroid dienone is 4. The van der Waals surface area contributed by atoms with E-state index in [2.05, 4.69) is 31.2 Å². The summed E-state index contributed by atoms with van der Waals surface area (Å²) in [5.41, 5.74) is 0. The van der Waals surface area contributed by atoms with Gasteiger partial charge in [-0.1, -0.05) is 95.9 Å². The number of quaternary nitrogens is 1. The van der Waals surface area contributed by atoms with E-state index in [1.807, 2.05) is 0 Å². The highest BCUT2D eigenvalue weighted by atomic mass is 31.2. The molecule has 8 nitrogen and oxygen atoms in total. The summed E-state index contributed by atoms with van der Waals surface area (Å²) in [6.45, 7) is 4.49. The van der Waals surface area contributed by atoms with Crippen LogP contribution in [-0.4, -0.2) is 78.4 Å². The van der Waals surface area contributed by atoms with Gasteiger partial charge in [-0.15, -0.1) is 0 Å². The number of ether oxygens (including phenoxy) is 1. The van der Waals surface area contributed by atoms with Gasteiger partial charge in [0.1, 0.15) is 6.10 Å². The van der Waals surface area contributed by atoms with Crippen molar-refractivity contribution in [3.8, 4) is 0 Å². The molecule has 0 fully saturated rings. The molecule has 0 rings (SSSR count). The average Bonchev–Trinajstić information content (AvgIpc) is 2.97. The molecule has 0 aromatic carbocycles. The Bertz CT molecular complexity index is 745. The average molecular weight is 648 g/mol. The van der Waals surface area contributed by atoms with Crippen LogP contribution in [0.3, 0.4) is 0 Å². The van der Waals surface area contributed by atoms with Crippen molar-refractivity contribution in [2.24, 2.45) is 0 Å². The molecule has 0 amide bonds. The first-order valence-corrected chi connectivity index (χ1v) is 19.4. The minimum absolute atomic E-state index is 0.0303. The third kappa shape index (κ3) is 25.6. The van der Waals surface area contributed by atoms with Crippen molar-refractivity contribution in [1.29, 1.82) is 0 Å². The fourth-order valence-electron chi connectivity index (χ4n) is 5.45. The van der Waals surface area contributed by atoms with Crippen molar-refractivity contribution in [3.63, 3.8) is 0 Å². The Morgan fingerprint density at radius 3 is 1.61 bits per heavy atom. The van der Waals surface area contributed by atoms with Gasteiger partial charge in [0.25, 0.3) is 0 Å². The molecule has 0 saturated heterocycles. The number of nitrogens with zero attached hydrogens (tertiary/aromatic N) is 1. The van der Waals surface area contributed by atoms with Crippen molar-refractivity contribution in [1.82, 2.24) is 0 Å². The SMILES string of the molecule is CCCCC/C=C\CCCCCCCCCC/C=C\CCCCCOC[C@@H](O)COP(=O)([O-])C(CC)[N+](C)(C)CCC(O)O. The van der Waals surface area contributed by atoms with E-state index in [-0.39, 0.29) is 30.7 Å². The van der Waals surface area contributed by atoms with E-state index in [0.717, 1.165) is 25.7 Å². The van der Waals surface area contributed by atoms with Gasteiger partial charge in [0.2, 0.25) is 0 Å². The van der Waals surface area contributed by atoms with Crippen LogP contribution in [0.1, 0.15) is 142 Å². The Balaban J connectivity index is 3.66. The highest BCUT2D eigenvalue weighted by molar-refractivity contribution is 7.51. The summed E-state index contributed by atoms with van der Waals surface area (Å²) in [7, 11) is -0.842. The first-order chi connectivity index (χ1) is 21.1. The number of unbranched alkanes of at least 4 members (excludes halogenated alkanes) is 15. The van der Waals surface area contributed by atoms with E-state index in [1.54, 1.807) is 21.0 Å². The fraction of sp³-hybridized carbons (Fsp3) is 0.886. The number of hydrogen-bond donors (Lipinski definition) is 3. The molecule has 0 spiro atoms. The lowest BCUT2D eigenvalue weighted by Gasteiger charge is -2.43. The van der Waals surface area contributed by atoms with Crippen molar-refractivity contribution in [3.05, 3.63) is 24.3 Å². The molecule has 0 bridgehead atoms. The van der Waals surface area contributed by atoms with E-state index in [4.69, 9.17) is 19.5 Å². The zero-order valence-electron chi connectivity index (χ0n) is 28.9. The molecule has 9 heteroatoms. The van der Waals surface area contributed by atoms with Crippen LogP contribution in [0.15, 0.2) is 24.3 Å². The molecule has 2 unspecified atom stereocenters. The van der Waals surface area contributed by atoms with Crippen molar-refractivity contribution < 1.29 is 38.5 Å². The molecule has 0 aliphatic heterocycles. The minimum atomic E-state index is -4.29. The lowest BCUT2D eigenvalue weighted by molar-refractivity contribution is -0.904. The summed E-state index contributed by atoms with van der Waals surface area (Å²) >= 11 is 0. The summed E-state index contributed by atoms with van der Waals surface area (Å²) in [5.74, 6) is -0.842. The molecule has 0 radical (unpaired) electrons. The van der Waals surface area contributed by atoms with Crippen LogP contribution in [0.25, 0.3) is 0 Å². The van der Waals surface area contributed by atoms with Crippen LogP contribution in [0.2, 0.25) is 0 Å². The second kappa shape index (κ2) is 28.6.